The van der Waals surface area contributed by atoms with Crippen LogP contribution in [0.15, 0.2) is 81.4 Å². The highest BCUT2D eigenvalue weighted by atomic mass is 32.2. The molecule has 134 valence electrons. The maximum Gasteiger partial charge on any atom is 0.264 e. The van der Waals surface area contributed by atoms with E-state index in [1.165, 1.54) is 29.3 Å². The summed E-state index contributed by atoms with van der Waals surface area (Å²) in [5.74, 6) is -0.776. The molecule has 6 heteroatoms. The third-order valence-corrected chi connectivity index (χ3v) is 6.39. The molecule has 0 saturated heterocycles. The van der Waals surface area contributed by atoms with Gasteiger partial charge in [0.2, 0.25) is 0 Å². The smallest absolute Gasteiger partial charge is 0.264 e. The van der Waals surface area contributed by atoms with Crippen molar-refractivity contribution in [2.24, 2.45) is 0 Å². The van der Waals surface area contributed by atoms with Crippen molar-refractivity contribution in [2.45, 2.75) is 28.5 Å². The zero-order valence-electron chi connectivity index (χ0n) is 14.4. The summed E-state index contributed by atoms with van der Waals surface area (Å²) in [4.78, 5) is 1.77. The monoisotopic (exact) mass is 387 g/mol. The summed E-state index contributed by atoms with van der Waals surface area (Å²) < 4.78 is 40.8. The minimum atomic E-state index is -3.96. The SMILES string of the molecule is Cc1ccc(Sc2ccc(NS(=O)(=O)c3ccccc3F)cc2)c(C)c1. The Hall–Kier alpha value is -2.31. The fraction of sp³-hybridized carbons (Fsp3) is 0.100. The molecule has 3 rings (SSSR count). The Morgan fingerprint density at radius 1 is 0.923 bits per heavy atom. The van der Waals surface area contributed by atoms with Crippen LogP contribution in [0.1, 0.15) is 11.1 Å². The average Bonchev–Trinajstić information content (AvgIpc) is 2.59. The van der Waals surface area contributed by atoms with Crippen LogP contribution in [0.3, 0.4) is 0 Å². The minimum absolute atomic E-state index is 0.367. The predicted molar refractivity (Wildman–Crippen MR) is 104 cm³/mol. The van der Waals surface area contributed by atoms with E-state index in [2.05, 4.69) is 36.8 Å². The second kappa shape index (κ2) is 7.51. The molecule has 0 aliphatic carbocycles. The third-order valence-electron chi connectivity index (χ3n) is 3.79. The molecule has 0 spiro atoms. The van der Waals surface area contributed by atoms with Crippen LogP contribution in [-0.4, -0.2) is 8.42 Å². The minimum Gasteiger partial charge on any atom is -0.280 e. The molecule has 0 saturated carbocycles. The molecule has 0 aliphatic rings. The Bertz CT molecular complexity index is 1030. The molecule has 3 aromatic rings. The van der Waals surface area contributed by atoms with Crippen LogP contribution in [0.5, 0.6) is 0 Å². The molecule has 0 aliphatic heterocycles. The maximum absolute atomic E-state index is 13.7. The van der Waals surface area contributed by atoms with Gasteiger partial charge in [-0.3, -0.25) is 4.72 Å². The van der Waals surface area contributed by atoms with Gasteiger partial charge in [0.1, 0.15) is 10.7 Å². The largest absolute Gasteiger partial charge is 0.280 e. The van der Waals surface area contributed by atoms with Gasteiger partial charge in [-0.1, -0.05) is 41.6 Å². The lowest BCUT2D eigenvalue weighted by Gasteiger charge is -2.10. The first-order valence-electron chi connectivity index (χ1n) is 7.98. The van der Waals surface area contributed by atoms with Gasteiger partial charge in [-0.05, 0) is 61.9 Å². The topological polar surface area (TPSA) is 46.2 Å². The quantitative estimate of drug-likeness (QED) is 0.638. The van der Waals surface area contributed by atoms with Crippen LogP contribution in [0, 0.1) is 19.7 Å². The number of aryl methyl sites for hydroxylation is 2. The van der Waals surface area contributed by atoms with E-state index in [4.69, 9.17) is 0 Å². The summed E-state index contributed by atoms with van der Waals surface area (Å²) in [6.45, 7) is 4.12. The Balaban J connectivity index is 1.76. The van der Waals surface area contributed by atoms with E-state index in [1.807, 2.05) is 12.1 Å². The highest BCUT2D eigenvalue weighted by molar-refractivity contribution is 7.99. The van der Waals surface area contributed by atoms with Gasteiger partial charge in [0, 0.05) is 15.5 Å². The van der Waals surface area contributed by atoms with Gasteiger partial charge >= 0.3 is 0 Å². The second-order valence-electron chi connectivity index (χ2n) is 5.93. The first kappa shape index (κ1) is 18.5. The van der Waals surface area contributed by atoms with Gasteiger partial charge in [-0.15, -0.1) is 0 Å². The van der Waals surface area contributed by atoms with Gasteiger partial charge in [0.25, 0.3) is 10.0 Å². The summed E-state index contributed by atoms with van der Waals surface area (Å²) in [7, 11) is -3.96. The van der Waals surface area contributed by atoms with Crippen molar-refractivity contribution in [1.29, 1.82) is 0 Å². The lowest BCUT2D eigenvalue weighted by molar-refractivity contribution is 0.570. The number of nitrogens with one attached hydrogen (secondary N) is 1. The van der Waals surface area contributed by atoms with E-state index in [1.54, 1.807) is 23.9 Å². The van der Waals surface area contributed by atoms with Crippen LogP contribution >= 0.6 is 11.8 Å². The maximum atomic E-state index is 13.7. The average molecular weight is 388 g/mol. The van der Waals surface area contributed by atoms with Crippen molar-refractivity contribution in [3.63, 3.8) is 0 Å². The lowest BCUT2D eigenvalue weighted by atomic mass is 10.2. The van der Waals surface area contributed by atoms with E-state index in [0.29, 0.717) is 5.69 Å². The molecule has 1 N–H and O–H groups in total. The number of hydrogen-bond acceptors (Lipinski definition) is 3. The Morgan fingerprint density at radius 3 is 2.27 bits per heavy atom. The summed E-state index contributed by atoms with van der Waals surface area (Å²) >= 11 is 1.61. The molecule has 3 aromatic carbocycles. The van der Waals surface area contributed by atoms with Crippen LogP contribution in [0.2, 0.25) is 0 Å². The fourth-order valence-electron chi connectivity index (χ4n) is 2.50. The molecular weight excluding hydrogens is 369 g/mol. The zero-order chi connectivity index (χ0) is 18.7. The molecule has 0 unspecified atom stereocenters. The fourth-order valence-corrected chi connectivity index (χ4v) is 4.53. The van der Waals surface area contributed by atoms with Crippen LogP contribution < -0.4 is 4.72 Å². The number of rotatable bonds is 5. The molecule has 0 atom stereocenters. The standard InChI is InChI=1S/C20H18FNO2S2/c1-14-7-12-19(15(2)13-14)25-17-10-8-16(9-11-17)22-26(23,24)20-6-4-3-5-18(20)21/h3-13,22H,1-2H3. The van der Waals surface area contributed by atoms with Crippen molar-refractivity contribution in [1.82, 2.24) is 0 Å². The first-order chi connectivity index (χ1) is 12.3. The summed E-state index contributed by atoms with van der Waals surface area (Å²) in [6.07, 6.45) is 0. The normalized spacial score (nSPS) is 11.3. The van der Waals surface area contributed by atoms with Gasteiger partial charge < -0.3 is 0 Å². The van der Waals surface area contributed by atoms with Crippen LogP contribution in [0.4, 0.5) is 10.1 Å². The molecule has 3 nitrogen and oxygen atoms in total. The Kier molecular flexibility index (Phi) is 5.34. The summed E-state index contributed by atoms with van der Waals surface area (Å²) in [6, 6.07) is 18.6. The van der Waals surface area contributed by atoms with Crippen molar-refractivity contribution < 1.29 is 12.8 Å². The van der Waals surface area contributed by atoms with Crippen LogP contribution in [0.25, 0.3) is 0 Å². The molecule has 0 amide bonds. The highest BCUT2D eigenvalue weighted by Gasteiger charge is 2.18. The van der Waals surface area contributed by atoms with Gasteiger partial charge in [-0.25, -0.2) is 12.8 Å². The van der Waals surface area contributed by atoms with E-state index in [0.717, 1.165) is 15.9 Å². The van der Waals surface area contributed by atoms with Gasteiger partial charge in [-0.2, -0.15) is 0 Å². The number of hydrogen-bond donors (Lipinski definition) is 1. The Morgan fingerprint density at radius 2 is 1.62 bits per heavy atom. The van der Waals surface area contributed by atoms with Crippen LogP contribution in [-0.2, 0) is 10.0 Å². The second-order valence-corrected chi connectivity index (χ2v) is 8.70. The highest BCUT2D eigenvalue weighted by Crippen LogP contribution is 2.31. The van der Waals surface area contributed by atoms with Crippen molar-refractivity contribution in [3.05, 3.63) is 83.7 Å². The molecule has 0 aromatic heterocycles. The zero-order valence-corrected chi connectivity index (χ0v) is 16.0. The van der Waals surface area contributed by atoms with Gasteiger partial charge in [0.05, 0.1) is 0 Å². The lowest BCUT2D eigenvalue weighted by Crippen LogP contribution is -2.14. The van der Waals surface area contributed by atoms with E-state index >= 15 is 0 Å². The number of halogens is 1. The summed E-state index contributed by atoms with van der Waals surface area (Å²) in [5.41, 5.74) is 2.79. The van der Waals surface area contributed by atoms with E-state index < -0.39 is 15.8 Å². The number of benzene rings is 3. The molecule has 26 heavy (non-hydrogen) atoms. The van der Waals surface area contributed by atoms with Crippen molar-refractivity contribution >= 4 is 27.5 Å². The van der Waals surface area contributed by atoms with E-state index in [9.17, 15) is 12.8 Å². The molecule has 0 radical (unpaired) electrons. The summed E-state index contributed by atoms with van der Waals surface area (Å²) in [5, 5.41) is 0. The number of anilines is 1. The van der Waals surface area contributed by atoms with Crippen molar-refractivity contribution in [2.75, 3.05) is 4.72 Å². The molecule has 0 fully saturated rings. The van der Waals surface area contributed by atoms with Crippen molar-refractivity contribution in [3.8, 4) is 0 Å². The molecular formula is C20H18FNO2S2. The predicted octanol–water partition coefficient (Wildman–Crippen LogP) is 5.39. The Labute approximate surface area is 157 Å². The van der Waals surface area contributed by atoms with E-state index in [-0.39, 0.29) is 4.90 Å². The van der Waals surface area contributed by atoms with Gasteiger partial charge in [0.15, 0.2) is 0 Å². The number of sulfonamides is 1. The third kappa shape index (κ3) is 4.26. The molecule has 0 heterocycles. The first-order valence-corrected chi connectivity index (χ1v) is 10.3. The molecule has 0 bridgehead atoms.